The van der Waals surface area contributed by atoms with Crippen LogP contribution in [0, 0.1) is 0 Å². The van der Waals surface area contributed by atoms with Crippen LogP contribution in [0.25, 0.3) is 0 Å². The van der Waals surface area contributed by atoms with Crippen molar-refractivity contribution >= 4 is 15.8 Å². The molecule has 0 saturated heterocycles. The zero-order chi connectivity index (χ0) is 15.3. The largest absolute Gasteiger partial charge is 0.481 e. The van der Waals surface area contributed by atoms with Gasteiger partial charge in [0.05, 0.1) is 16.6 Å². The highest BCUT2D eigenvalue weighted by molar-refractivity contribution is 7.92. The van der Waals surface area contributed by atoms with E-state index in [0.29, 0.717) is 4.90 Å². The van der Waals surface area contributed by atoms with Gasteiger partial charge in [-0.25, -0.2) is 8.42 Å². The number of aliphatic carboxylic acids is 1. The van der Waals surface area contributed by atoms with E-state index in [1.54, 1.807) is 38.1 Å². The van der Waals surface area contributed by atoms with Crippen molar-refractivity contribution in [3.8, 4) is 0 Å². The van der Waals surface area contributed by atoms with Crippen LogP contribution in [0.2, 0.25) is 0 Å². The first-order valence-corrected chi connectivity index (χ1v) is 8.39. The molecule has 0 bridgehead atoms. The van der Waals surface area contributed by atoms with Crippen molar-refractivity contribution in [2.45, 2.75) is 56.1 Å². The molecule has 1 N–H and O–H groups in total. The Balaban J connectivity index is 3.02. The molecule has 0 spiro atoms. The highest BCUT2D eigenvalue weighted by Crippen LogP contribution is 2.26. The van der Waals surface area contributed by atoms with Gasteiger partial charge in [0.1, 0.15) is 0 Å². The van der Waals surface area contributed by atoms with Crippen LogP contribution >= 0.6 is 0 Å². The molecule has 0 saturated carbocycles. The monoisotopic (exact) mass is 298 g/mol. The molecule has 0 heterocycles. The SMILES string of the molecule is CCCC(CC(=O)O)c1ccc(S(=O)(=O)C(C)C)cc1. The maximum absolute atomic E-state index is 12.0. The van der Waals surface area contributed by atoms with Gasteiger partial charge in [-0.2, -0.15) is 0 Å². The van der Waals surface area contributed by atoms with Gasteiger partial charge < -0.3 is 5.11 Å². The van der Waals surface area contributed by atoms with Crippen molar-refractivity contribution in [1.29, 1.82) is 0 Å². The van der Waals surface area contributed by atoms with Gasteiger partial charge in [0.25, 0.3) is 0 Å². The molecule has 0 aliphatic heterocycles. The number of carboxylic acid groups (broad SMARTS) is 1. The summed E-state index contributed by atoms with van der Waals surface area (Å²) in [6.45, 7) is 5.30. The minimum atomic E-state index is -3.27. The molecule has 1 aromatic carbocycles. The predicted octanol–water partition coefficient (Wildman–Crippen LogP) is 3.23. The average Bonchev–Trinajstić information content (AvgIpc) is 2.37. The van der Waals surface area contributed by atoms with Gasteiger partial charge in [-0.1, -0.05) is 25.5 Å². The Morgan fingerprint density at radius 1 is 1.20 bits per heavy atom. The van der Waals surface area contributed by atoms with E-state index >= 15 is 0 Å². The summed E-state index contributed by atoms with van der Waals surface area (Å²) in [5, 5.41) is 8.47. The van der Waals surface area contributed by atoms with Crippen LogP contribution in [0.15, 0.2) is 29.2 Å². The number of carbonyl (C=O) groups is 1. The van der Waals surface area contributed by atoms with Crippen LogP contribution in [0.1, 0.15) is 51.5 Å². The Labute approximate surface area is 120 Å². The number of carboxylic acids is 1. The molecular formula is C15H22O4S. The van der Waals surface area contributed by atoms with Gasteiger partial charge in [-0.3, -0.25) is 4.79 Å². The lowest BCUT2D eigenvalue weighted by atomic mass is 9.91. The third kappa shape index (κ3) is 4.07. The van der Waals surface area contributed by atoms with E-state index in [-0.39, 0.29) is 12.3 Å². The summed E-state index contributed by atoms with van der Waals surface area (Å²) >= 11 is 0. The van der Waals surface area contributed by atoms with E-state index in [1.165, 1.54) is 0 Å². The molecule has 0 radical (unpaired) electrons. The van der Waals surface area contributed by atoms with E-state index in [1.807, 2.05) is 6.92 Å². The second-order valence-electron chi connectivity index (χ2n) is 5.25. The van der Waals surface area contributed by atoms with Crippen molar-refractivity contribution in [3.05, 3.63) is 29.8 Å². The zero-order valence-corrected chi connectivity index (χ0v) is 13.0. The van der Waals surface area contributed by atoms with E-state index in [2.05, 4.69) is 0 Å². The second-order valence-corrected chi connectivity index (χ2v) is 7.75. The lowest BCUT2D eigenvalue weighted by Crippen LogP contribution is -2.14. The predicted molar refractivity (Wildman–Crippen MR) is 78.7 cm³/mol. The highest BCUT2D eigenvalue weighted by Gasteiger charge is 2.20. The van der Waals surface area contributed by atoms with Gasteiger partial charge in [-0.15, -0.1) is 0 Å². The number of hydrogen-bond donors (Lipinski definition) is 1. The average molecular weight is 298 g/mol. The summed E-state index contributed by atoms with van der Waals surface area (Å²) in [6, 6.07) is 6.63. The first-order chi connectivity index (χ1) is 9.28. The minimum absolute atomic E-state index is 0.0618. The minimum Gasteiger partial charge on any atom is -0.481 e. The molecule has 1 aromatic rings. The van der Waals surface area contributed by atoms with Crippen LogP contribution in [-0.4, -0.2) is 24.7 Å². The molecular weight excluding hydrogens is 276 g/mol. The van der Waals surface area contributed by atoms with Crippen LogP contribution in [0.4, 0.5) is 0 Å². The first-order valence-electron chi connectivity index (χ1n) is 6.84. The fraction of sp³-hybridized carbons (Fsp3) is 0.533. The summed E-state index contributed by atoms with van der Waals surface area (Å²) in [6.07, 6.45) is 1.75. The van der Waals surface area contributed by atoms with E-state index < -0.39 is 21.1 Å². The molecule has 5 heteroatoms. The highest BCUT2D eigenvalue weighted by atomic mass is 32.2. The quantitative estimate of drug-likeness (QED) is 0.839. The summed E-state index contributed by atoms with van der Waals surface area (Å²) in [7, 11) is -3.27. The molecule has 20 heavy (non-hydrogen) atoms. The molecule has 1 unspecified atom stereocenters. The lowest BCUT2D eigenvalue weighted by Gasteiger charge is -2.15. The van der Waals surface area contributed by atoms with Crippen molar-refractivity contribution in [3.63, 3.8) is 0 Å². The van der Waals surface area contributed by atoms with E-state index in [4.69, 9.17) is 5.11 Å². The third-order valence-corrected chi connectivity index (χ3v) is 5.53. The molecule has 0 aliphatic carbocycles. The van der Waals surface area contributed by atoms with Crippen LogP contribution in [-0.2, 0) is 14.6 Å². The third-order valence-electron chi connectivity index (χ3n) is 3.36. The molecule has 1 rings (SSSR count). The Hall–Kier alpha value is -1.36. The normalized spacial score (nSPS) is 13.4. The topological polar surface area (TPSA) is 71.4 Å². The lowest BCUT2D eigenvalue weighted by molar-refractivity contribution is -0.137. The van der Waals surface area contributed by atoms with Gasteiger partial charge in [0.15, 0.2) is 9.84 Å². The van der Waals surface area contributed by atoms with E-state index in [9.17, 15) is 13.2 Å². The molecule has 0 amide bonds. The molecule has 0 aliphatic rings. The number of rotatable bonds is 7. The standard InChI is InChI=1S/C15H22O4S/c1-4-5-13(10-15(16)17)12-6-8-14(9-7-12)20(18,19)11(2)3/h6-9,11,13H,4-5,10H2,1-3H3,(H,16,17). The Morgan fingerprint density at radius 3 is 2.15 bits per heavy atom. The van der Waals surface area contributed by atoms with Crippen molar-refractivity contribution in [2.75, 3.05) is 0 Å². The van der Waals surface area contributed by atoms with Crippen molar-refractivity contribution in [1.82, 2.24) is 0 Å². The Morgan fingerprint density at radius 2 is 1.75 bits per heavy atom. The first kappa shape index (κ1) is 16.7. The van der Waals surface area contributed by atoms with Gasteiger partial charge >= 0.3 is 5.97 Å². The Kier molecular flexibility index (Phi) is 5.74. The summed E-state index contributed by atoms with van der Waals surface area (Å²) < 4.78 is 24.0. The Bertz CT molecular complexity index is 544. The maximum atomic E-state index is 12.0. The fourth-order valence-electron chi connectivity index (χ4n) is 2.15. The number of hydrogen-bond acceptors (Lipinski definition) is 3. The second kappa shape index (κ2) is 6.88. The smallest absolute Gasteiger partial charge is 0.303 e. The van der Waals surface area contributed by atoms with Gasteiger partial charge in [-0.05, 0) is 43.9 Å². The molecule has 1 atom stereocenters. The molecule has 4 nitrogen and oxygen atoms in total. The van der Waals surface area contributed by atoms with E-state index in [0.717, 1.165) is 18.4 Å². The molecule has 0 fully saturated rings. The van der Waals surface area contributed by atoms with Crippen LogP contribution in [0.3, 0.4) is 0 Å². The van der Waals surface area contributed by atoms with Gasteiger partial charge in [0, 0.05) is 0 Å². The molecule has 112 valence electrons. The van der Waals surface area contributed by atoms with Crippen molar-refractivity contribution < 1.29 is 18.3 Å². The molecule has 0 aromatic heterocycles. The summed E-state index contributed by atoms with van der Waals surface area (Å²) in [5.41, 5.74) is 0.886. The number of benzene rings is 1. The summed E-state index contributed by atoms with van der Waals surface area (Å²) in [5.74, 6) is -0.893. The maximum Gasteiger partial charge on any atom is 0.303 e. The van der Waals surface area contributed by atoms with Crippen LogP contribution in [0.5, 0.6) is 0 Å². The fourth-order valence-corrected chi connectivity index (χ4v) is 3.21. The number of sulfone groups is 1. The zero-order valence-electron chi connectivity index (χ0n) is 12.2. The summed E-state index contributed by atoms with van der Waals surface area (Å²) in [4.78, 5) is 11.2. The van der Waals surface area contributed by atoms with Crippen molar-refractivity contribution in [2.24, 2.45) is 0 Å². The van der Waals surface area contributed by atoms with Crippen LogP contribution < -0.4 is 0 Å². The van der Waals surface area contributed by atoms with Gasteiger partial charge in [0.2, 0.25) is 0 Å².